The lowest BCUT2D eigenvalue weighted by Crippen LogP contribution is -2.37. The molecule has 0 aromatic carbocycles. The molecule has 1 atom stereocenters. The maximum absolute atomic E-state index is 13.0. The second-order valence-corrected chi connectivity index (χ2v) is 7.40. The second-order valence-electron chi connectivity index (χ2n) is 7.40. The maximum atomic E-state index is 13.0. The van der Waals surface area contributed by atoms with Gasteiger partial charge in [-0.2, -0.15) is 0 Å². The van der Waals surface area contributed by atoms with Gasteiger partial charge in [-0.1, -0.05) is 6.07 Å². The summed E-state index contributed by atoms with van der Waals surface area (Å²) in [6.07, 6.45) is 6.76. The van der Waals surface area contributed by atoms with Crippen LogP contribution in [-0.2, 0) is 6.54 Å². The van der Waals surface area contributed by atoms with Crippen molar-refractivity contribution in [3.8, 4) is 0 Å². The second kappa shape index (κ2) is 10.6. The zero-order valence-electron chi connectivity index (χ0n) is 17.0. The standard InChI is InChI=1S/C21H23N5O3.2ClH/c1-14-7-10-25(13-15-5-4-8-22-11-15)21(29)18(14)19(27)24-16-12-23-17-6-2-3-9-26(17)20(16)28;;/h2-3,6-7,9-10,12,15,22H,4-5,8,11,13H2,1H3,(H,24,27);2*1H. The minimum atomic E-state index is -0.599. The largest absolute Gasteiger partial charge is 0.316 e. The number of rotatable bonds is 4. The molecule has 4 heterocycles. The van der Waals surface area contributed by atoms with Crippen LogP contribution in [0.5, 0.6) is 0 Å². The number of nitrogens with zero attached hydrogens (tertiary/aromatic N) is 3. The summed E-state index contributed by atoms with van der Waals surface area (Å²) < 4.78 is 2.94. The number of hydrogen-bond acceptors (Lipinski definition) is 5. The number of anilines is 1. The molecular formula is C21H25Cl2N5O3. The molecule has 1 saturated heterocycles. The zero-order valence-corrected chi connectivity index (χ0v) is 18.7. The van der Waals surface area contributed by atoms with Crippen molar-refractivity contribution in [3.05, 3.63) is 74.7 Å². The number of amides is 1. The van der Waals surface area contributed by atoms with E-state index in [-0.39, 0.29) is 41.6 Å². The number of fused-ring (bicyclic) bond motifs is 1. The predicted molar refractivity (Wildman–Crippen MR) is 125 cm³/mol. The Balaban J connectivity index is 0.00000171. The maximum Gasteiger partial charge on any atom is 0.281 e. The Labute approximate surface area is 191 Å². The van der Waals surface area contributed by atoms with Crippen molar-refractivity contribution in [2.24, 2.45) is 5.92 Å². The number of hydrogen-bond donors (Lipinski definition) is 2. The molecule has 0 bridgehead atoms. The Bertz CT molecular complexity index is 1190. The molecule has 1 fully saturated rings. The normalized spacial score (nSPS) is 15.6. The molecule has 4 rings (SSSR count). The molecule has 0 aliphatic carbocycles. The van der Waals surface area contributed by atoms with Crippen LogP contribution in [0.15, 0.2) is 52.4 Å². The topological polar surface area (TPSA) is 97.5 Å². The Morgan fingerprint density at radius 3 is 2.74 bits per heavy atom. The van der Waals surface area contributed by atoms with Crippen LogP contribution in [0.1, 0.15) is 28.8 Å². The highest BCUT2D eigenvalue weighted by atomic mass is 35.5. The summed E-state index contributed by atoms with van der Waals surface area (Å²) in [5.41, 5.74) is 0.389. The zero-order chi connectivity index (χ0) is 20.4. The van der Waals surface area contributed by atoms with E-state index in [1.54, 1.807) is 48.1 Å². The minimum Gasteiger partial charge on any atom is -0.316 e. The summed E-state index contributed by atoms with van der Waals surface area (Å²) in [6.45, 7) is 4.14. The number of carbonyl (C=O) groups is 1. The quantitative estimate of drug-likeness (QED) is 0.615. The molecule has 1 aliphatic heterocycles. The molecule has 31 heavy (non-hydrogen) atoms. The van der Waals surface area contributed by atoms with Crippen LogP contribution < -0.4 is 21.8 Å². The summed E-state index contributed by atoms with van der Waals surface area (Å²) in [5, 5.41) is 5.91. The highest BCUT2D eigenvalue weighted by Gasteiger charge is 2.20. The van der Waals surface area contributed by atoms with Crippen LogP contribution in [0.25, 0.3) is 5.65 Å². The average Bonchev–Trinajstić information content (AvgIpc) is 2.73. The fraction of sp³-hybridized carbons (Fsp3) is 0.333. The number of pyridine rings is 2. The van der Waals surface area contributed by atoms with Crippen LogP contribution in [0.4, 0.5) is 5.69 Å². The van der Waals surface area contributed by atoms with Crippen molar-refractivity contribution in [2.45, 2.75) is 26.3 Å². The van der Waals surface area contributed by atoms with Gasteiger partial charge in [0.1, 0.15) is 16.9 Å². The lowest BCUT2D eigenvalue weighted by Gasteiger charge is -2.23. The monoisotopic (exact) mass is 465 g/mol. The van der Waals surface area contributed by atoms with E-state index in [0.29, 0.717) is 23.7 Å². The number of aryl methyl sites for hydroxylation is 1. The van der Waals surface area contributed by atoms with Crippen molar-refractivity contribution in [1.82, 2.24) is 19.3 Å². The molecule has 1 amide bonds. The molecule has 1 aliphatic rings. The first-order valence-corrected chi connectivity index (χ1v) is 9.73. The van der Waals surface area contributed by atoms with E-state index in [0.717, 1.165) is 25.9 Å². The molecule has 0 saturated carbocycles. The molecular weight excluding hydrogens is 441 g/mol. The van der Waals surface area contributed by atoms with Gasteiger partial charge >= 0.3 is 0 Å². The van der Waals surface area contributed by atoms with Crippen molar-refractivity contribution in [3.63, 3.8) is 0 Å². The van der Waals surface area contributed by atoms with Gasteiger partial charge in [0.25, 0.3) is 17.0 Å². The van der Waals surface area contributed by atoms with Gasteiger partial charge in [-0.05, 0) is 62.5 Å². The van der Waals surface area contributed by atoms with Gasteiger partial charge in [0.15, 0.2) is 0 Å². The third-order valence-electron chi connectivity index (χ3n) is 5.32. The summed E-state index contributed by atoms with van der Waals surface area (Å²) in [4.78, 5) is 42.7. The molecule has 3 aromatic heterocycles. The van der Waals surface area contributed by atoms with E-state index in [1.807, 2.05) is 0 Å². The van der Waals surface area contributed by atoms with E-state index < -0.39 is 11.5 Å². The summed E-state index contributed by atoms with van der Waals surface area (Å²) in [6, 6.07) is 6.95. The molecule has 10 heteroatoms. The average molecular weight is 466 g/mol. The van der Waals surface area contributed by atoms with Crippen LogP contribution in [0.3, 0.4) is 0 Å². The van der Waals surface area contributed by atoms with E-state index in [2.05, 4.69) is 15.6 Å². The van der Waals surface area contributed by atoms with Gasteiger partial charge in [0.05, 0.1) is 6.20 Å². The van der Waals surface area contributed by atoms with Gasteiger partial charge in [0.2, 0.25) is 0 Å². The summed E-state index contributed by atoms with van der Waals surface area (Å²) in [5.74, 6) is -0.243. The lowest BCUT2D eigenvalue weighted by molar-refractivity contribution is 0.102. The first-order valence-electron chi connectivity index (χ1n) is 9.73. The fourth-order valence-corrected chi connectivity index (χ4v) is 3.74. The molecule has 1 unspecified atom stereocenters. The molecule has 8 nitrogen and oxygen atoms in total. The number of nitrogens with one attached hydrogen (secondary N) is 2. The Kier molecular flexibility index (Phi) is 8.38. The van der Waals surface area contributed by atoms with E-state index in [4.69, 9.17) is 0 Å². The Morgan fingerprint density at radius 2 is 2.00 bits per heavy atom. The first-order chi connectivity index (χ1) is 14.0. The van der Waals surface area contributed by atoms with Crippen LogP contribution in [0.2, 0.25) is 0 Å². The van der Waals surface area contributed by atoms with Crippen molar-refractivity contribution < 1.29 is 4.79 Å². The van der Waals surface area contributed by atoms with E-state index in [1.165, 1.54) is 10.6 Å². The smallest absolute Gasteiger partial charge is 0.281 e. The minimum absolute atomic E-state index is 0. The number of halogens is 2. The van der Waals surface area contributed by atoms with Gasteiger partial charge < -0.3 is 15.2 Å². The molecule has 3 aromatic rings. The van der Waals surface area contributed by atoms with Gasteiger partial charge in [-0.15, -0.1) is 24.8 Å². The highest BCUT2D eigenvalue weighted by molar-refractivity contribution is 6.04. The van der Waals surface area contributed by atoms with Crippen molar-refractivity contribution in [2.75, 3.05) is 18.4 Å². The van der Waals surface area contributed by atoms with Crippen molar-refractivity contribution >= 4 is 42.1 Å². The van der Waals surface area contributed by atoms with Crippen LogP contribution >= 0.6 is 24.8 Å². The Hall–Kier alpha value is -2.68. The molecule has 166 valence electrons. The summed E-state index contributed by atoms with van der Waals surface area (Å²) >= 11 is 0. The van der Waals surface area contributed by atoms with Gasteiger partial charge in [0, 0.05) is 18.9 Å². The lowest BCUT2D eigenvalue weighted by atomic mass is 9.99. The van der Waals surface area contributed by atoms with Gasteiger partial charge in [-0.3, -0.25) is 18.8 Å². The molecule has 2 N–H and O–H groups in total. The number of piperidine rings is 1. The number of aromatic nitrogens is 3. The highest BCUT2D eigenvalue weighted by Crippen LogP contribution is 2.13. The van der Waals surface area contributed by atoms with Crippen LogP contribution in [-0.4, -0.2) is 32.9 Å². The first kappa shape index (κ1) is 24.6. The molecule has 0 radical (unpaired) electrons. The predicted octanol–water partition coefficient (Wildman–Crippen LogP) is 2.26. The third-order valence-corrected chi connectivity index (χ3v) is 5.32. The molecule has 0 spiro atoms. The third kappa shape index (κ3) is 5.15. The fourth-order valence-electron chi connectivity index (χ4n) is 3.74. The SMILES string of the molecule is Cc1ccn(CC2CCCNC2)c(=O)c1C(=O)Nc1cnc2ccccn2c1=O.Cl.Cl. The van der Waals surface area contributed by atoms with Gasteiger partial charge in [-0.25, -0.2) is 4.98 Å². The van der Waals surface area contributed by atoms with Crippen molar-refractivity contribution in [1.29, 1.82) is 0 Å². The van der Waals surface area contributed by atoms with Crippen LogP contribution in [0, 0.1) is 12.8 Å². The summed E-state index contributed by atoms with van der Waals surface area (Å²) in [7, 11) is 0. The van der Waals surface area contributed by atoms with E-state index >= 15 is 0 Å². The van der Waals surface area contributed by atoms with E-state index in [9.17, 15) is 14.4 Å². The Morgan fingerprint density at radius 1 is 1.19 bits per heavy atom. The number of carbonyl (C=O) groups excluding carboxylic acids is 1.